The molecule has 0 unspecified atom stereocenters. The number of aldehydes is 1. The molecule has 2 fully saturated rings. The zero-order valence-electron chi connectivity index (χ0n) is 30.7. The van der Waals surface area contributed by atoms with Gasteiger partial charge >= 0.3 is 23.9 Å². The van der Waals surface area contributed by atoms with E-state index in [0.29, 0.717) is 27.2 Å². The van der Waals surface area contributed by atoms with Gasteiger partial charge in [-0.1, -0.05) is 61.0 Å². The molecule has 1 aromatic heterocycles. The molecule has 1 heterocycles. The third kappa shape index (κ3) is 15.4. The van der Waals surface area contributed by atoms with Gasteiger partial charge in [-0.3, -0.25) is 4.79 Å². The standard InChI is InChI=1S/C20H22ClNO5.C7H5ClO.C7H11N.C6H6O4/c1-25-19(23)15-16(20(24)26-2)18(22-14-6-4-3-5-7-14)27-17(15)12-8-10-13(21)11-9-12;8-7-3-1-6(5-9)2-4-7;1-8-7-5-3-2-4-6-7;1-9-5(7)3-4-6(8)10-2/h8-11,14,22H,3-7H2,1-2H3;1-5H;7H,2-6H2;1-2H3. The van der Waals surface area contributed by atoms with E-state index in [1.807, 2.05) is 11.8 Å². The van der Waals surface area contributed by atoms with E-state index in [4.69, 9.17) is 43.7 Å². The number of anilines is 1. The molecule has 54 heavy (non-hydrogen) atoms. The Labute approximate surface area is 325 Å². The Morgan fingerprint density at radius 1 is 0.722 bits per heavy atom. The number of rotatable bonds is 6. The minimum atomic E-state index is -0.759. The number of ether oxygens (including phenoxy) is 4. The maximum absolute atomic E-state index is 12.5. The second-order valence-corrected chi connectivity index (χ2v) is 12.7. The van der Waals surface area contributed by atoms with Crippen molar-refractivity contribution in [1.29, 1.82) is 0 Å². The lowest BCUT2D eigenvalue weighted by atomic mass is 9.95. The van der Waals surface area contributed by atoms with Crippen LogP contribution in [-0.2, 0) is 28.5 Å². The van der Waals surface area contributed by atoms with Crippen molar-refractivity contribution in [3.05, 3.63) is 86.7 Å². The van der Waals surface area contributed by atoms with Crippen LogP contribution < -0.4 is 5.32 Å². The number of carbonyl (C=O) groups is 5. The fraction of sp³-hybridized carbons (Fsp3) is 0.400. The summed E-state index contributed by atoms with van der Waals surface area (Å²) in [6.07, 6.45) is 12.4. The van der Waals surface area contributed by atoms with Crippen LogP contribution in [0.5, 0.6) is 0 Å². The van der Waals surface area contributed by atoms with Gasteiger partial charge in [-0.25, -0.2) is 25.8 Å². The van der Waals surface area contributed by atoms with Crippen LogP contribution in [0.2, 0.25) is 10.0 Å². The molecule has 1 N–H and O–H groups in total. The summed E-state index contributed by atoms with van der Waals surface area (Å²) >= 11 is 11.5. The lowest BCUT2D eigenvalue weighted by Crippen LogP contribution is -2.23. The molecule has 0 atom stereocenters. The molecule has 288 valence electrons. The summed E-state index contributed by atoms with van der Waals surface area (Å²) in [5, 5.41) is 4.49. The molecule has 0 amide bonds. The average molecular weight is 784 g/mol. The van der Waals surface area contributed by atoms with Crippen LogP contribution in [0, 0.1) is 18.4 Å². The molecule has 14 heteroatoms. The fourth-order valence-electron chi connectivity index (χ4n) is 5.32. The monoisotopic (exact) mass is 782 g/mol. The average Bonchev–Trinajstić information content (AvgIpc) is 3.59. The van der Waals surface area contributed by atoms with Crippen molar-refractivity contribution in [1.82, 2.24) is 0 Å². The Bertz CT molecular complexity index is 1760. The molecule has 12 nitrogen and oxygen atoms in total. The van der Waals surface area contributed by atoms with Crippen LogP contribution in [0.3, 0.4) is 0 Å². The zero-order valence-corrected chi connectivity index (χ0v) is 32.2. The van der Waals surface area contributed by atoms with E-state index in [1.165, 1.54) is 54.1 Å². The molecule has 0 aliphatic heterocycles. The highest BCUT2D eigenvalue weighted by Crippen LogP contribution is 2.37. The number of benzene rings is 2. The highest BCUT2D eigenvalue weighted by atomic mass is 35.5. The van der Waals surface area contributed by atoms with Crippen molar-refractivity contribution < 1.29 is 47.3 Å². The number of esters is 4. The van der Waals surface area contributed by atoms with Gasteiger partial charge in [0.05, 0.1) is 28.4 Å². The van der Waals surface area contributed by atoms with Gasteiger partial charge in [0.15, 0.2) is 5.76 Å². The van der Waals surface area contributed by atoms with Crippen molar-refractivity contribution in [2.45, 2.75) is 76.3 Å². The number of nitrogens with zero attached hydrogens (tertiary/aromatic N) is 1. The Hall–Kier alpha value is -5.30. The Kier molecular flexibility index (Phi) is 20.6. The zero-order chi connectivity index (χ0) is 39.9. The predicted octanol–water partition coefficient (Wildman–Crippen LogP) is 8.64. The number of nitrogens with one attached hydrogen (secondary N) is 1. The highest BCUT2D eigenvalue weighted by molar-refractivity contribution is 6.31. The molecule has 0 spiro atoms. The first-order valence-electron chi connectivity index (χ1n) is 17.1. The first kappa shape index (κ1) is 44.9. The van der Waals surface area contributed by atoms with Crippen LogP contribution in [0.15, 0.2) is 52.9 Å². The lowest BCUT2D eigenvalue weighted by molar-refractivity contribution is -0.135. The van der Waals surface area contributed by atoms with Crippen molar-refractivity contribution in [3.8, 4) is 23.2 Å². The van der Waals surface area contributed by atoms with Gasteiger partial charge in [0, 0.05) is 51.9 Å². The van der Waals surface area contributed by atoms with Crippen molar-refractivity contribution >= 4 is 59.2 Å². The van der Waals surface area contributed by atoms with Crippen molar-refractivity contribution in [3.63, 3.8) is 0 Å². The predicted molar refractivity (Wildman–Crippen MR) is 204 cm³/mol. The number of hydrogen-bond acceptors (Lipinski definition) is 11. The minimum absolute atomic E-state index is 0.0463. The largest absolute Gasteiger partial charge is 0.465 e. The van der Waals surface area contributed by atoms with Crippen LogP contribution in [0.1, 0.15) is 95.3 Å². The number of carbonyl (C=O) groups excluding carboxylic acids is 5. The first-order valence-corrected chi connectivity index (χ1v) is 17.9. The highest BCUT2D eigenvalue weighted by Gasteiger charge is 2.33. The first-order chi connectivity index (χ1) is 26.0. The Balaban J connectivity index is 0.000000303. The van der Waals surface area contributed by atoms with Gasteiger partial charge in [0.25, 0.3) is 0 Å². The third-order valence-electron chi connectivity index (χ3n) is 8.13. The van der Waals surface area contributed by atoms with E-state index in [0.717, 1.165) is 44.8 Å². The fourth-order valence-corrected chi connectivity index (χ4v) is 5.57. The second kappa shape index (κ2) is 24.9. The van der Waals surface area contributed by atoms with Crippen LogP contribution in [0.4, 0.5) is 5.88 Å². The van der Waals surface area contributed by atoms with E-state index < -0.39 is 23.9 Å². The number of halogens is 2. The Morgan fingerprint density at radius 2 is 1.19 bits per heavy atom. The van der Waals surface area contributed by atoms with Gasteiger partial charge in [0.1, 0.15) is 17.4 Å². The van der Waals surface area contributed by atoms with E-state index in [1.54, 1.807) is 48.5 Å². The smallest absolute Gasteiger partial charge is 0.384 e. The van der Waals surface area contributed by atoms with Crippen molar-refractivity contribution in [2.75, 3.05) is 33.8 Å². The summed E-state index contributed by atoms with van der Waals surface area (Å²) in [7, 11) is 4.88. The molecule has 2 aromatic carbocycles. The summed E-state index contributed by atoms with van der Waals surface area (Å²) < 4.78 is 24.0. The van der Waals surface area contributed by atoms with E-state index in [2.05, 4.69) is 19.6 Å². The third-order valence-corrected chi connectivity index (χ3v) is 8.64. The van der Waals surface area contributed by atoms with Crippen LogP contribution in [-0.4, -0.2) is 70.7 Å². The summed E-state index contributed by atoms with van der Waals surface area (Å²) in [6, 6.07) is 14.1. The van der Waals surface area contributed by atoms with Crippen LogP contribution in [0.25, 0.3) is 16.2 Å². The van der Waals surface area contributed by atoms with E-state index in [9.17, 15) is 24.0 Å². The number of furan rings is 1. The van der Waals surface area contributed by atoms with Gasteiger partial charge < -0.3 is 33.5 Å². The summed E-state index contributed by atoms with van der Waals surface area (Å²) in [5.74, 6) is 1.44. The van der Waals surface area contributed by atoms with E-state index >= 15 is 0 Å². The number of methoxy groups -OCH3 is 4. The molecule has 2 aliphatic carbocycles. The molecule has 2 saturated carbocycles. The Morgan fingerprint density at radius 3 is 1.61 bits per heavy atom. The van der Waals surface area contributed by atoms with Crippen molar-refractivity contribution in [2.24, 2.45) is 0 Å². The lowest BCUT2D eigenvalue weighted by Gasteiger charge is -2.22. The molecular weight excluding hydrogens is 739 g/mol. The molecule has 0 saturated heterocycles. The normalized spacial score (nSPS) is 13.4. The van der Waals surface area contributed by atoms with Gasteiger partial charge in [-0.05, 0) is 62.1 Å². The molecule has 0 bridgehead atoms. The SMILES string of the molecule is COC(=O)C#CC(=O)OC.COC(=O)c1c(NC2CCCCC2)oc(-c2ccc(Cl)cc2)c1C(=O)OC.O=Cc1ccc(Cl)cc1.[C-]#[N+]C1CCCCC1. The molecule has 2 aliphatic rings. The summed E-state index contributed by atoms with van der Waals surface area (Å²) in [4.78, 5) is 59.0. The summed E-state index contributed by atoms with van der Waals surface area (Å²) in [5.41, 5.74) is 1.37. The topological polar surface area (TPSA) is 152 Å². The van der Waals surface area contributed by atoms with E-state index in [-0.39, 0.29) is 28.8 Å². The van der Waals surface area contributed by atoms with Gasteiger partial charge in [-0.15, -0.1) is 0 Å². The maximum Gasteiger partial charge on any atom is 0.384 e. The number of hydrogen-bond donors (Lipinski definition) is 1. The molecule has 5 rings (SSSR count). The van der Waals surface area contributed by atoms with Crippen LogP contribution >= 0.6 is 23.2 Å². The molecule has 0 radical (unpaired) electrons. The maximum atomic E-state index is 12.5. The molecule has 3 aromatic rings. The second-order valence-electron chi connectivity index (χ2n) is 11.8. The molecular formula is C40H44Cl2N2O10. The quantitative estimate of drug-likeness (QED) is 0.0639. The summed E-state index contributed by atoms with van der Waals surface area (Å²) in [6.45, 7) is 6.72. The van der Waals surface area contributed by atoms with Gasteiger partial charge in [-0.2, -0.15) is 0 Å². The minimum Gasteiger partial charge on any atom is -0.465 e. The van der Waals surface area contributed by atoms with Gasteiger partial charge in [0.2, 0.25) is 11.9 Å².